The van der Waals surface area contributed by atoms with Crippen molar-refractivity contribution >= 4 is 28.4 Å². The third kappa shape index (κ3) is 13.4. The third-order valence-corrected chi connectivity index (χ3v) is 14.2. The number of benzene rings is 1. The number of hydrogen-bond donors (Lipinski definition) is 2. The highest BCUT2D eigenvalue weighted by Gasteiger charge is 2.30. The second-order valence-electron chi connectivity index (χ2n) is 18.1. The van der Waals surface area contributed by atoms with Crippen molar-refractivity contribution in [3.8, 4) is 0 Å². The van der Waals surface area contributed by atoms with E-state index in [0.717, 1.165) is 84.0 Å². The fraction of sp³-hybridized carbons (Fsp3) is 0.739. The minimum atomic E-state index is -0.0626. The van der Waals surface area contributed by atoms with E-state index >= 15 is 0 Å². The molecule has 1 saturated heterocycles. The molecule has 3 saturated carbocycles. The molecule has 4 fully saturated rings. The lowest BCUT2D eigenvalue weighted by Gasteiger charge is -2.38. The second kappa shape index (κ2) is 20.6. The average molecular weight is 731 g/mol. The van der Waals surface area contributed by atoms with Crippen LogP contribution in [-0.2, 0) is 4.79 Å². The Hall–Kier alpha value is -2.05. The predicted octanol–water partition coefficient (Wildman–Crippen LogP) is 12.5. The van der Waals surface area contributed by atoms with Gasteiger partial charge in [-0.25, -0.2) is 4.99 Å². The Morgan fingerprint density at radius 2 is 1.31 bits per heavy atom. The molecular formula is C46H74N4OS. The zero-order valence-corrected chi connectivity index (χ0v) is 34.6. The molecule has 52 heavy (non-hydrogen) atoms. The predicted molar refractivity (Wildman–Crippen MR) is 225 cm³/mol. The summed E-state index contributed by atoms with van der Waals surface area (Å²) in [4.78, 5) is 22.0. The minimum absolute atomic E-state index is 0.0626. The molecule has 0 unspecified atom stereocenters. The SMILES string of the molecule is CC(C)=C/C(=N\C=C(/C)N1CCC(C)(N)CC1)Sc1cccc(NC(=O)C2CCCC(C3CCCC(C4CCCC(C)CCC4)CCC3)CCC2)c1. The van der Waals surface area contributed by atoms with Crippen molar-refractivity contribution in [3.05, 3.63) is 47.8 Å². The van der Waals surface area contributed by atoms with E-state index in [4.69, 9.17) is 10.7 Å². The lowest BCUT2D eigenvalue weighted by molar-refractivity contribution is -0.120. The summed E-state index contributed by atoms with van der Waals surface area (Å²) >= 11 is 1.65. The largest absolute Gasteiger partial charge is 0.374 e. The van der Waals surface area contributed by atoms with E-state index in [2.05, 4.69) is 69.1 Å². The summed E-state index contributed by atoms with van der Waals surface area (Å²) in [6.07, 6.45) is 30.8. The molecule has 290 valence electrons. The summed E-state index contributed by atoms with van der Waals surface area (Å²) in [5, 5.41) is 4.26. The van der Waals surface area contributed by atoms with Crippen LogP contribution < -0.4 is 11.1 Å². The Balaban J connectivity index is 1.08. The number of rotatable bonds is 8. The molecule has 1 amide bonds. The van der Waals surface area contributed by atoms with Gasteiger partial charge in [0, 0.05) is 47.0 Å². The van der Waals surface area contributed by atoms with Gasteiger partial charge in [-0.05, 0) is 107 Å². The third-order valence-electron chi connectivity index (χ3n) is 13.3. The Morgan fingerprint density at radius 3 is 1.83 bits per heavy atom. The number of nitrogens with zero attached hydrogens (tertiary/aromatic N) is 2. The molecule has 5 nitrogen and oxygen atoms in total. The number of carbonyl (C=O) groups is 1. The zero-order valence-electron chi connectivity index (χ0n) is 33.8. The van der Waals surface area contributed by atoms with Crippen LogP contribution in [0, 0.1) is 35.5 Å². The quantitative estimate of drug-likeness (QED) is 0.159. The van der Waals surface area contributed by atoms with Gasteiger partial charge in [0.2, 0.25) is 5.91 Å². The minimum Gasteiger partial charge on any atom is -0.374 e. The number of amides is 1. The van der Waals surface area contributed by atoms with Crippen molar-refractivity contribution in [2.24, 2.45) is 46.2 Å². The van der Waals surface area contributed by atoms with Crippen molar-refractivity contribution in [3.63, 3.8) is 0 Å². The van der Waals surface area contributed by atoms with Crippen molar-refractivity contribution < 1.29 is 4.79 Å². The number of nitrogens with one attached hydrogen (secondary N) is 1. The molecule has 0 aromatic heterocycles. The first-order valence-corrected chi connectivity index (χ1v) is 22.4. The molecule has 1 aliphatic heterocycles. The van der Waals surface area contributed by atoms with E-state index in [1.54, 1.807) is 11.8 Å². The van der Waals surface area contributed by atoms with Crippen LogP contribution in [0.5, 0.6) is 0 Å². The van der Waals surface area contributed by atoms with Crippen molar-refractivity contribution in [1.82, 2.24) is 4.90 Å². The molecule has 5 rings (SSSR count). The number of carbonyl (C=O) groups excluding carboxylic acids is 1. The monoisotopic (exact) mass is 731 g/mol. The van der Waals surface area contributed by atoms with Crippen LogP contribution in [0.2, 0.25) is 0 Å². The van der Waals surface area contributed by atoms with Gasteiger partial charge in [-0.3, -0.25) is 4.79 Å². The molecule has 0 bridgehead atoms. The molecule has 1 aromatic rings. The highest BCUT2D eigenvalue weighted by molar-refractivity contribution is 8.14. The number of anilines is 1. The van der Waals surface area contributed by atoms with Crippen molar-refractivity contribution in [2.45, 2.75) is 173 Å². The van der Waals surface area contributed by atoms with Gasteiger partial charge in [-0.15, -0.1) is 0 Å². The second-order valence-corrected chi connectivity index (χ2v) is 19.2. The average Bonchev–Trinajstić information content (AvgIpc) is 3.05. The lowest BCUT2D eigenvalue weighted by Crippen LogP contribution is -2.47. The maximum atomic E-state index is 13.6. The summed E-state index contributed by atoms with van der Waals surface area (Å²) in [6, 6.07) is 8.30. The molecule has 3 aliphatic carbocycles. The Labute approximate surface area is 322 Å². The van der Waals surface area contributed by atoms with Crippen LogP contribution >= 0.6 is 11.8 Å². The Bertz CT molecular complexity index is 1320. The highest BCUT2D eigenvalue weighted by atomic mass is 32.2. The standard InChI is InChI=1S/C46H74N4OS/c1-34(2)31-44(48-33-36(4)50-29-27-46(5,47)28-30-50)52-43-26-12-25-42(32-43)49-45(51)41-23-10-21-40(22-11-24-41)39-19-8-17-38(18-9-20-39)37-15-6-13-35(3)14-7-16-37/h12,25-26,31-33,35,37-41H,6-11,13-24,27-30,47H2,1-5H3,(H,49,51)/b36-33+,48-44+. The fourth-order valence-corrected chi connectivity index (χ4v) is 10.9. The van der Waals surface area contributed by atoms with Gasteiger partial charge < -0.3 is 16.0 Å². The number of nitrogens with two attached hydrogens (primary N) is 1. The van der Waals surface area contributed by atoms with Gasteiger partial charge in [0.25, 0.3) is 0 Å². The number of thioether (sulfide) groups is 1. The molecule has 1 aromatic carbocycles. The van der Waals surface area contributed by atoms with Crippen LogP contribution in [-0.4, -0.2) is 34.5 Å². The van der Waals surface area contributed by atoms with E-state index in [1.807, 2.05) is 12.3 Å². The number of likely N-dealkylation sites (tertiary alicyclic amines) is 1. The summed E-state index contributed by atoms with van der Waals surface area (Å²) < 4.78 is 0. The first-order chi connectivity index (χ1) is 25.0. The van der Waals surface area contributed by atoms with Gasteiger partial charge in [-0.2, -0.15) is 0 Å². The van der Waals surface area contributed by atoms with Crippen molar-refractivity contribution in [2.75, 3.05) is 18.4 Å². The van der Waals surface area contributed by atoms with Crippen LogP contribution in [0.4, 0.5) is 5.69 Å². The molecule has 6 heteroatoms. The topological polar surface area (TPSA) is 70.7 Å². The summed E-state index contributed by atoms with van der Waals surface area (Å²) in [5.74, 6) is 5.06. The number of piperidine rings is 1. The highest BCUT2D eigenvalue weighted by Crippen LogP contribution is 2.41. The molecule has 3 N–H and O–H groups in total. The smallest absolute Gasteiger partial charge is 0.227 e. The maximum Gasteiger partial charge on any atom is 0.227 e. The summed E-state index contributed by atoms with van der Waals surface area (Å²) in [7, 11) is 0. The normalized spacial score (nSPS) is 30.1. The molecule has 0 spiro atoms. The Kier molecular flexibility index (Phi) is 16.3. The molecule has 1 heterocycles. The van der Waals surface area contributed by atoms with E-state index < -0.39 is 0 Å². The number of hydrogen-bond acceptors (Lipinski definition) is 5. The van der Waals surface area contributed by atoms with Gasteiger partial charge in [0.15, 0.2) is 0 Å². The summed E-state index contributed by atoms with van der Waals surface area (Å²) in [6.45, 7) is 12.9. The maximum absolute atomic E-state index is 13.6. The van der Waals surface area contributed by atoms with Crippen LogP contribution in [0.3, 0.4) is 0 Å². The van der Waals surface area contributed by atoms with E-state index in [-0.39, 0.29) is 17.4 Å². The zero-order chi connectivity index (χ0) is 36.9. The van der Waals surface area contributed by atoms with E-state index in [9.17, 15) is 4.79 Å². The first-order valence-electron chi connectivity index (χ1n) is 21.6. The number of allylic oxidation sites excluding steroid dienone is 2. The first kappa shape index (κ1) is 41.1. The van der Waals surface area contributed by atoms with Crippen LogP contribution in [0.15, 0.2) is 57.7 Å². The van der Waals surface area contributed by atoms with Crippen LogP contribution in [0.25, 0.3) is 0 Å². The molecule has 4 aliphatic rings. The van der Waals surface area contributed by atoms with Gasteiger partial charge in [-0.1, -0.05) is 133 Å². The molecular weight excluding hydrogens is 657 g/mol. The van der Waals surface area contributed by atoms with E-state index in [0.29, 0.717) is 0 Å². The van der Waals surface area contributed by atoms with Gasteiger partial charge in [0.1, 0.15) is 5.04 Å². The fourth-order valence-electron chi connectivity index (χ4n) is 9.96. The Morgan fingerprint density at radius 1 is 0.808 bits per heavy atom. The van der Waals surface area contributed by atoms with Gasteiger partial charge >= 0.3 is 0 Å². The molecule has 0 atom stereocenters. The number of aliphatic imine (C=N–C) groups is 1. The van der Waals surface area contributed by atoms with E-state index in [1.165, 1.54) is 114 Å². The van der Waals surface area contributed by atoms with Crippen molar-refractivity contribution in [1.29, 1.82) is 0 Å². The molecule has 0 radical (unpaired) electrons. The summed E-state index contributed by atoms with van der Waals surface area (Å²) in [5.41, 5.74) is 9.57. The van der Waals surface area contributed by atoms with Gasteiger partial charge in [0.05, 0.1) is 0 Å². The van der Waals surface area contributed by atoms with Crippen LogP contribution in [0.1, 0.15) is 163 Å². The lowest BCUT2D eigenvalue weighted by atomic mass is 9.70.